The van der Waals surface area contributed by atoms with Gasteiger partial charge in [0.2, 0.25) is 0 Å². The zero-order valence-corrected chi connectivity index (χ0v) is 9.71. The summed E-state index contributed by atoms with van der Waals surface area (Å²) in [6, 6.07) is 3.28. The maximum Gasteiger partial charge on any atom is 0.136 e. The van der Waals surface area contributed by atoms with E-state index >= 15 is 0 Å². The molecule has 2 aromatic rings. The molecule has 0 aliphatic heterocycles. The third-order valence-corrected chi connectivity index (χ3v) is 2.77. The fourth-order valence-corrected chi connectivity index (χ4v) is 1.62. The molecule has 0 unspecified atom stereocenters. The summed E-state index contributed by atoms with van der Waals surface area (Å²) in [7, 11) is 0. The van der Waals surface area contributed by atoms with Gasteiger partial charge in [0.1, 0.15) is 17.5 Å². The average molecular weight is 288 g/mol. The van der Waals surface area contributed by atoms with Crippen LogP contribution in [0.25, 0.3) is 0 Å². The highest BCUT2D eigenvalue weighted by Crippen LogP contribution is 2.20. The largest absolute Gasteiger partial charge is 0.383 e. The van der Waals surface area contributed by atoms with Gasteiger partial charge in [0.05, 0.1) is 17.2 Å². The van der Waals surface area contributed by atoms with Crippen molar-refractivity contribution in [1.29, 1.82) is 0 Å². The molecular weight excluding hydrogens is 280 g/mol. The van der Waals surface area contributed by atoms with Crippen molar-refractivity contribution in [3.63, 3.8) is 0 Å². The molecule has 0 amide bonds. The molecule has 16 heavy (non-hydrogen) atoms. The maximum atomic E-state index is 13.3. The summed E-state index contributed by atoms with van der Waals surface area (Å²) in [5.41, 5.74) is 5.89. The first-order valence-electron chi connectivity index (χ1n) is 4.48. The molecule has 6 heteroatoms. The highest BCUT2D eigenvalue weighted by atomic mass is 79.9. The number of aromatic nitrogens is 2. The molecule has 1 aromatic carbocycles. The zero-order valence-electron chi connectivity index (χ0n) is 8.12. The number of nitrogen functional groups attached to an aromatic ring is 1. The third kappa shape index (κ3) is 2.06. The normalized spacial score (nSPS) is 10.7. The van der Waals surface area contributed by atoms with Crippen molar-refractivity contribution in [3.8, 4) is 0 Å². The molecule has 0 aliphatic rings. The summed E-state index contributed by atoms with van der Waals surface area (Å²) in [6.45, 7) is 0.0982. The Morgan fingerprint density at radius 2 is 2.12 bits per heavy atom. The lowest BCUT2D eigenvalue weighted by atomic mass is 10.2. The molecule has 0 radical (unpaired) electrons. The fraction of sp³-hybridized carbons (Fsp3) is 0.100. The van der Waals surface area contributed by atoms with Crippen molar-refractivity contribution in [2.45, 2.75) is 6.54 Å². The third-order valence-electron chi connectivity index (χ3n) is 2.16. The molecule has 0 spiro atoms. The second kappa shape index (κ2) is 4.21. The van der Waals surface area contributed by atoms with E-state index in [1.807, 2.05) is 0 Å². The van der Waals surface area contributed by atoms with Gasteiger partial charge in [0, 0.05) is 5.56 Å². The van der Waals surface area contributed by atoms with Crippen molar-refractivity contribution >= 4 is 21.7 Å². The van der Waals surface area contributed by atoms with Gasteiger partial charge in [-0.2, -0.15) is 5.10 Å². The van der Waals surface area contributed by atoms with Gasteiger partial charge in [-0.3, -0.25) is 0 Å². The molecule has 0 fully saturated rings. The molecule has 0 atom stereocenters. The summed E-state index contributed by atoms with van der Waals surface area (Å²) >= 11 is 3.19. The minimum absolute atomic E-state index is 0.0982. The molecule has 0 bridgehead atoms. The SMILES string of the molecule is Nc1c(Br)cnn1Cc1cc(F)ccc1F. The Kier molecular flexibility index (Phi) is 2.91. The van der Waals surface area contributed by atoms with E-state index in [4.69, 9.17) is 5.73 Å². The van der Waals surface area contributed by atoms with Crippen LogP contribution in [0.15, 0.2) is 28.9 Å². The van der Waals surface area contributed by atoms with Crippen LogP contribution in [0.1, 0.15) is 5.56 Å². The van der Waals surface area contributed by atoms with Crippen LogP contribution in [0.3, 0.4) is 0 Å². The smallest absolute Gasteiger partial charge is 0.136 e. The van der Waals surface area contributed by atoms with Crippen molar-refractivity contribution < 1.29 is 8.78 Å². The number of benzene rings is 1. The molecule has 0 saturated heterocycles. The molecule has 1 heterocycles. The monoisotopic (exact) mass is 287 g/mol. The quantitative estimate of drug-likeness (QED) is 0.923. The molecule has 0 aliphatic carbocycles. The Morgan fingerprint density at radius 3 is 2.75 bits per heavy atom. The average Bonchev–Trinajstić information content (AvgIpc) is 2.55. The van der Waals surface area contributed by atoms with Crippen LogP contribution in [0, 0.1) is 11.6 Å². The van der Waals surface area contributed by atoms with Gasteiger partial charge < -0.3 is 5.73 Å². The lowest BCUT2D eigenvalue weighted by Gasteiger charge is -2.05. The number of halogens is 3. The number of anilines is 1. The molecule has 2 N–H and O–H groups in total. The van der Waals surface area contributed by atoms with E-state index in [1.165, 1.54) is 10.9 Å². The minimum Gasteiger partial charge on any atom is -0.383 e. The summed E-state index contributed by atoms with van der Waals surface area (Å²) in [5.74, 6) is -0.586. The van der Waals surface area contributed by atoms with Gasteiger partial charge in [-0.1, -0.05) is 0 Å². The number of rotatable bonds is 2. The van der Waals surface area contributed by atoms with Gasteiger partial charge in [-0.15, -0.1) is 0 Å². The molecule has 1 aromatic heterocycles. The number of nitrogens with zero attached hydrogens (tertiary/aromatic N) is 2. The van der Waals surface area contributed by atoms with Crippen molar-refractivity contribution in [2.75, 3.05) is 5.73 Å². The van der Waals surface area contributed by atoms with Crippen LogP contribution in [0.4, 0.5) is 14.6 Å². The first-order valence-corrected chi connectivity index (χ1v) is 5.28. The van der Waals surface area contributed by atoms with E-state index in [-0.39, 0.29) is 12.1 Å². The molecule has 0 saturated carbocycles. The molecule has 2 rings (SSSR count). The van der Waals surface area contributed by atoms with Crippen molar-refractivity contribution in [1.82, 2.24) is 9.78 Å². The van der Waals surface area contributed by atoms with Crippen LogP contribution >= 0.6 is 15.9 Å². The molecule has 84 valence electrons. The number of hydrogen-bond donors (Lipinski definition) is 1. The number of nitrogens with two attached hydrogens (primary N) is 1. The van der Waals surface area contributed by atoms with E-state index in [2.05, 4.69) is 21.0 Å². The Morgan fingerprint density at radius 1 is 1.38 bits per heavy atom. The van der Waals surface area contributed by atoms with Gasteiger partial charge in [0.15, 0.2) is 0 Å². The predicted octanol–water partition coefficient (Wildman–Crippen LogP) is 2.55. The van der Waals surface area contributed by atoms with E-state index in [0.717, 1.165) is 18.2 Å². The van der Waals surface area contributed by atoms with Gasteiger partial charge in [0.25, 0.3) is 0 Å². The maximum absolute atomic E-state index is 13.3. The topological polar surface area (TPSA) is 43.8 Å². The summed E-state index contributed by atoms with van der Waals surface area (Å²) in [5, 5.41) is 3.94. The van der Waals surface area contributed by atoms with Crippen LogP contribution in [0.2, 0.25) is 0 Å². The second-order valence-electron chi connectivity index (χ2n) is 3.27. The van der Waals surface area contributed by atoms with Gasteiger partial charge in [-0.05, 0) is 34.1 Å². The van der Waals surface area contributed by atoms with Crippen LogP contribution in [-0.2, 0) is 6.54 Å². The van der Waals surface area contributed by atoms with E-state index in [9.17, 15) is 8.78 Å². The highest BCUT2D eigenvalue weighted by molar-refractivity contribution is 9.10. The second-order valence-corrected chi connectivity index (χ2v) is 4.13. The number of hydrogen-bond acceptors (Lipinski definition) is 2. The lowest BCUT2D eigenvalue weighted by Crippen LogP contribution is -2.07. The lowest BCUT2D eigenvalue weighted by molar-refractivity contribution is 0.568. The summed E-state index contributed by atoms with van der Waals surface area (Å²) < 4.78 is 28.3. The van der Waals surface area contributed by atoms with Crippen molar-refractivity contribution in [2.24, 2.45) is 0 Å². The van der Waals surface area contributed by atoms with Crippen LogP contribution in [-0.4, -0.2) is 9.78 Å². The minimum atomic E-state index is -0.485. The van der Waals surface area contributed by atoms with E-state index in [1.54, 1.807) is 0 Å². The Balaban J connectivity index is 2.33. The molecule has 3 nitrogen and oxygen atoms in total. The first kappa shape index (κ1) is 11.1. The van der Waals surface area contributed by atoms with Gasteiger partial charge >= 0.3 is 0 Å². The Bertz CT molecular complexity index is 525. The highest BCUT2D eigenvalue weighted by Gasteiger charge is 2.09. The Hall–Kier alpha value is -1.43. The predicted molar refractivity (Wildman–Crippen MR) is 59.8 cm³/mol. The molecular formula is C10H8BrF2N3. The summed E-state index contributed by atoms with van der Waals surface area (Å²) in [6.07, 6.45) is 1.51. The fourth-order valence-electron chi connectivity index (χ4n) is 1.32. The van der Waals surface area contributed by atoms with Crippen LogP contribution < -0.4 is 5.73 Å². The Labute approximate surface area is 99.0 Å². The van der Waals surface area contributed by atoms with Crippen LogP contribution in [0.5, 0.6) is 0 Å². The first-order chi connectivity index (χ1) is 7.58. The standard InChI is InChI=1S/C10H8BrF2N3/c11-8-4-15-16(10(8)14)5-6-3-7(12)1-2-9(6)13/h1-4H,5,14H2. The van der Waals surface area contributed by atoms with Crippen molar-refractivity contribution in [3.05, 3.63) is 46.1 Å². The van der Waals surface area contributed by atoms with Gasteiger partial charge in [-0.25, -0.2) is 13.5 Å². The summed E-state index contributed by atoms with van der Waals surface area (Å²) in [4.78, 5) is 0. The zero-order chi connectivity index (χ0) is 11.7. The van der Waals surface area contributed by atoms with E-state index < -0.39 is 11.6 Å². The van der Waals surface area contributed by atoms with E-state index in [0.29, 0.717) is 10.3 Å².